The second-order valence-corrected chi connectivity index (χ2v) is 6.14. The lowest BCUT2D eigenvalue weighted by Gasteiger charge is -2.23. The van der Waals surface area contributed by atoms with Crippen LogP contribution in [0.1, 0.15) is 44.2 Å². The highest BCUT2D eigenvalue weighted by Gasteiger charge is 2.23. The first-order valence-electron chi connectivity index (χ1n) is 8.05. The summed E-state index contributed by atoms with van der Waals surface area (Å²) in [6, 6.07) is 6.26. The molecule has 1 heterocycles. The highest BCUT2D eigenvalue weighted by atomic mass is 16.6. The molecular formula is C17H25NO3. The summed E-state index contributed by atoms with van der Waals surface area (Å²) in [4.78, 5) is 0. The zero-order valence-electron chi connectivity index (χ0n) is 12.7. The molecule has 21 heavy (non-hydrogen) atoms. The van der Waals surface area contributed by atoms with Gasteiger partial charge in [0.2, 0.25) is 0 Å². The molecule has 1 aromatic rings. The highest BCUT2D eigenvalue weighted by molar-refractivity contribution is 5.44. The van der Waals surface area contributed by atoms with Crippen molar-refractivity contribution in [1.82, 2.24) is 5.32 Å². The average molecular weight is 291 g/mol. The van der Waals surface area contributed by atoms with Gasteiger partial charge in [-0.3, -0.25) is 0 Å². The largest absolute Gasteiger partial charge is 0.486 e. The van der Waals surface area contributed by atoms with Crippen molar-refractivity contribution in [3.8, 4) is 11.5 Å². The minimum absolute atomic E-state index is 0.192. The number of fused-ring (bicyclic) bond motifs is 1. The van der Waals surface area contributed by atoms with E-state index < -0.39 is 0 Å². The molecule has 4 heteroatoms. The number of nitrogens with one attached hydrogen (secondary N) is 1. The van der Waals surface area contributed by atoms with Crippen molar-refractivity contribution < 1.29 is 14.6 Å². The fourth-order valence-corrected chi connectivity index (χ4v) is 3.25. The molecule has 1 saturated carbocycles. The number of hydrogen-bond acceptors (Lipinski definition) is 4. The van der Waals surface area contributed by atoms with Crippen molar-refractivity contribution >= 4 is 0 Å². The zero-order valence-corrected chi connectivity index (χ0v) is 12.7. The molecule has 0 aromatic heterocycles. The summed E-state index contributed by atoms with van der Waals surface area (Å²) in [6.45, 7) is 4.00. The van der Waals surface area contributed by atoms with Gasteiger partial charge in [-0.2, -0.15) is 0 Å². The van der Waals surface area contributed by atoms with Crippen LogP contribution in [0.5, 0.6) is 11.5 Å². The summed E-state index contributed by atoms with van der Waals surface area (Å²) in [5, 5.41) is 13.7. The van der Waals surface area contributed by atoms with E-state index >= 15 is 0 Å². The van der Waals surface area contributed by atoms with Crippen LogP contribution in [0.4, 0.5) is 0 Å². The van der Waals surface area contributed by atoms with E-state index in [-0.39, 0.29) is 12.1 Å². The van der Waals surface area contributed by atoms with Gasteiger partial charge in [-0.05, 0) is 43.4 Å². The van der Waals surface area contributed by atoms with Crippen LogP contribution in [0.3, 0.4) is 0 Å². The van der Waals surface area contributed by atoms with E-state index in [1.54, 1.807) is 0 Å². The summed E-state index contributed by atoms with van der Waals surface area (Å²) in [6.07, 6.45) is 4.63. The Kier molecular flexibility index (Phi) is 4.66. The van der Waals surface area contributed by atoms with E-state index in [0.29, 0.717) is 25.7 Å². The predicted octanol–water partition coefficient (Wildman–Crippen LogP) is 2.66. The molecule has 1 aliphatic heterocycles. The maximum atomic E-state index is 10.2. The van der Waals surface area contributed by atoms with Gasteiger partial charge in [-0.15, -0.1) is 0 Å². The van der Waals surface area contributed by atoms with Crippen LogP contribution in [0, 0.1) is 5.92 Å². The molecule has 0 spiro atoms. The van der Waals surface area contributed by atoms with E-state index in [2.05, 4.69) is 18.3 Å². The predicted molar refractivity (Wildman–Crippen MR) is 81.8 cm³/mol. The average Bonchev–Trinajstić information content (AvgIpc) is 3.06. The van der Waals surface area contributed by atoms with Gasteiger partial charge in [-0.1, -0.05) is 18.9 Å². The van der Waals surface area contributed by atoms with Crippen LogP contribution in [0.25, 0.3) is 0 Å². The molecule has 3 rings (SSSR count). The van der Waals surface area contributed by atoms with Crippen molar-refractivity contribution in [3.05, 3.63) is 23.8 Å². The van der Waals surface area contributed by atoms with Gasteiger partial charge >= 0.3 is 0 Å². The third kappa shape index (κ3) is 3.50. The standard InChI is InChI=1S/C17H25NO3/c1-12(18-11-15(19)13-4-2-3-5-13)14-6-7-16-17(10-14)21-9-8-20-16/h6-7,10,12-13,15,18-19H,2-5,8-9,11H2,1H3. The lowest BCUT2D eigenvalue weighted by Crippen LogP contribution is -2.33. The molecule has 2 atom stereocenters. The Morgan fingerprint density at radius 2 is 1.90 bits per heavy atom. The summed E-state index contributed by atoms with van der Waals surface area (Å²) >= 11 is 0. The summed E-state index contributed by atoms with van der Waals surface area (Å²) in [5.41, 5.74) is 1.16. The summed E-state index contributed by atoms with van der Waals surface area (Å²) < 4.78 is 11.2. The molecule has 0 bridgehead atoms. The first-order chi connectivity index (χ1) is 10.2. The van der Waals surface area contributed by atoms with Gasteiger partial charge < -0.3 is 19.9 Å². The number of ether oxygens (including phenoxy) is 2. The van der Waals surface area contributed by atoms with Gasteiger partial charge in [0.05, 0.1) is 6.10 Å². The molecule has 0 radical (unpaired) electrons. The molecule has 2 unspecified atom stereocenters. The molecule has 0 saturated heterocycles. The first-order valence-corrected chi connectivity index (χ1v) is 8.05. The quantitative estimate of drug-likeness (QED) is 0.875. The Morgan fingerprint density at radius 3 is 2.67 bits per heavy atom. The number of benzene rings is 1. The molecule has 1 fully saturated rings. The van der Waals surface area contributed by atoms with Crippen LogP contribution in [-0.2, 0) is 0 Å². The number of rotatable bonds is 5. The summed E-state index contributed by atoms with van der Waals surface area (Å²) in [7, 11) is 0. The molecule has 0 amide bonds. The van der Waals surface area contributed by atoms with E-state index in [0.717, 1.165) is 17.1 Å². The molecule has 2 N–H and O–H groups in total. The Labute approximate surface area is 126 Å². The Balaban J connectivity index is 1.56. The van der Waals surface area contributed by atoms with E-state index in [9.17, 15) is 5.11 Å². The van der Waals surface area contributed by atoms with Gasteiger partial charge in [-0.25, -0.2) is 0 Å². The molecule has 1 aromatic carbocycles. The smallest absolute Gasteiger partial charge is 0.161 e. The van der Waals surface area contributed by atoms with E-state index in [4.69, 9.17) is 9.47 Å². The second-order valence-electron chi connectivity index (χ2n) is 6.14. The minimum atomic E-state index is -0.229. The third-order valence-corrected chi connectivity index (χ3v) is 4.64. The minimum Gasteiger partial charge on any atom is -0.486 e. The van der Waals surface area contributed by atoms with Crippen molar-refractivity contribution in [1.29, 1.82) is 0 Å². The SMILES string of the molecule is CC(NCC(O)C1CCCC1)c1ccc2c(c1)OCCO2. The number of hydrogen-bond donors (Lipinski definition) is 2. The van der Waals surface area contributed by atoms with E-state index in [1.165, 1.54) is 25.7 Å². The lowest BCUT2D eigenvalue weighted by atomic mass is 10.00. The molecular weight excluding hydrogens is 266 g/mol. The van der Waals surface area contributed by atoms with E-state index in [1.807, 2.05) is 12.1 Å². The Bertz CT molecular complexity index is 471. The van der Waals surface area contributed by atoms with Crippen LogP contribution in [0.15, 0.2) is 18.2 Å². The topological polar surface area (TPSA) is 50.7 Å². The fraction of sp³-hybridized carbons (Fsp3) is 0.647. The van der Waals surface area contributed by atoms with Gasteiger partial charge in [0.15, 0.2) is 11.5 Å². The van der Waals surface area contributed by atoms with Crippen molar-refractivity contribution in [2.24, 2.45) is 5.92 Å². The van der Waals surface area contributed by atoms with Crippen molar-refractivity contribution in [2.75, 3.05) is 19.8 Å². The first kappa shape index (κ1) is 14.7. The maximum absolute atomic E-state index is 10.2. The normalized spacial score (nSPS) is 21.2. The second kappa shape index (κ2) is 6.67. The van der Waals surface area contributed by atoms with Crippen molar-refractivity contribution in [3.63, 3.8) is 0 Å². The van der Waals surface area contributed by atoms with Crippen LogP contribution in [0.2, 0.25) is 0 Å². The molecule has 2 aliphatic rings. The molecule has 1 aliphatic carbocycles. The zero-order chi connectivity index (χ0) is 14.7. The highest BCUT2D eigenvalue weighted by Crippen LogP contribution is 2.33. The van der Waals surface area contributed by atoms with Crippen LogP contribution in [-0.4, -0.2) is 31.0 Å². The van der Waals surface area contributed by atoms with Gasteiger partial charge in [0.1, 0.15) is 13.2 Å². The van der Waals surface area contributed by atoms with Crippen molar-refractivity contribution in [2.45, 2.75) is 44.8 Å². The fourth-order valence-electron chi connectivity index (χ4n) is 3.25. The number of aliphatic hydroxyl groups excluding tert-OH is 1. The molecule has 116 valence electrons. The molecule has 4 nitrogen and oxygen atoms in total. The Morgan fingerprint density at radius 1 is 1.19 bits per heavy atom. The van der Waals surface area contributed by atoms with Crippen LogP contribution >= 0.6 is 0 Å². The van der Waals surface area contributed by atoms with Crippen LogP contribution < -0.4 is 14.8 Å². The van der Waals surface area contributed by atoms with Gasteiger partial charge in [0.25, 0.3) is 0 Å². The third-order valence-electron chi connectivity index (χ3n) is 4.64. The monoisotopic (exact) mass is 291 g/mol. The lowest BCUT2D eigenvalue weighted by molar-refractivity contribution is 0.106. The Hall–Kier alpha value is -1.26. The maximum Gasteiger partial charge on any atom is 0.161 e. The summed E-state index contributed by atoms with van der Waals surface area (Å²) in [5.74, 6) is 2.12. The van der Waals surface area contributed by atoms with Gasteiger partial charge in [0, 0.05) is 12.6 Å². The number of aliphatic hydroxyl groups is 1.